The average molecular weight is 993 g/mol. The largest absolute Gasteiger partial charge is 0.481 e. The number of aliphatic hydroxyl groups is 1. The number of hydrogen-bond donors (Lipinski definition) is 6. The summed E-state index contributed by atoms with van der Waals surface area (Å²) in [7, 11) is -4.87. The number of ether oxygens (including phenoxy) is 2. The average Bonchev–Trinajstić information content (AvgIpc) is 3.30. The van der Waals surface area contributed by atoms with Crippen molar-refractivity contribution in [2.24, 2.45) is 11.5 Å². The van der Waals surface area contributed by atoms with Crippen LogP contribution in [0.4, 0.5) is 0 Å². The molecule has 0 rings (SSSR count). The number of carboxylic acid groups (broad SMARTS) is 2. The van der Waals surface area contributed by atoms with Crippen molar-refractivity contribution in [1.82, 2.24) is 0 Å². The van der Waals surface area contributed by atoms with Crippen LogP contribution in [-0.4, -0.2) is 99.2 Å². The third-order valence-electron chi connectivity index (χ3n) is 9.50. The van der Waals surface area contributed by atoms with Crippen LogP contribution in [0.25, 0.3) is 0 Å². The lowest BCUT2D eigenvalue weighted by Crippen LogP contribution is -2.38. The Morgan fingerprint density at radius 1 is 0.632 bits per heavy atom. The molecule has 0 saturated carbocycles. The minimum Gasteiger partial charge on any atom is -0.481 e. The molecule has 0 spiro atoms. The number of unbranched alkanes of at least 4 members (excludes halogenated alkanes) is 6. The second kappa shape index (κ2) is 44.1. The Balaban J connectivity index is 5.24. The van der Waals surface area contributed by atoms with Gasteiger partial charge >= 0.3 is 31.7 Å². The molecular weight excluding hydrogens is 912 g/mol. The smallest absolute Gasteiger partial charge is 0.472 e. The Morgan fingerprint density at radius 3 is 1.78 bits per heavy atom. The number of allylic oxidation sites excluding steroid dienone is 17. The standard InChI is InChI=1S/C51H81N2O13PS/c1-3-5-7-9-11-13-15-17-18-19-20-21-22-23-25-27-29-31-33-38-49(57)66-43(40-64-67(61,62)65-41-44(52)50(58)59)39-63-51(60)45(53)42-68-47(46(54)35-34-37-48(55)56)36-32-30-28-26-24-16-14-12-10-8-6-4-2/h5,7,11-14,17-18,20-21,23-26,28,30,32,36,43-47,54H,3-4,6,8-10,15-16,19,22,27,29,31,33-35,37-42,52-53H2,1-2H3,(H,55,56)(H,58,59)(H,61,62)/b7-5-,13-11-,14-12-,18-17-,21-20-,25-23-,26-24-,30-28+,36-32+/t43-,44+,45+,46+,47-/m1/s1. The van der Waals surface area contributed by atoms with Crippen LogP contribution in [0.5, 0.6) is 0 Å². The number of phosphoric ester groups is 1. The topological polar surface area (TPSA) is 255 Å². The summed E-state index contributed by atoms with van der Waals surface area (Å²) in [6.07, 6.45) is 47.7. The Labute approximate surface area is 409 Å². The number of phosphoric acid groups is 1. The normalized spacial score (nSPS) is 15.8. The first-order valence-electron chi connectivity index (χ1n) is 23.9. The maximum absolute atomic E-state index is 13.0. The van der Waals surface area contributed by atoms with Crippen molar-refractivity contribution in [3.8, 4) is 0 Å². The second-order valence-electron chi connectivity index (χ2n) is 15.7. The lowest BCUT2D eigenvalue weighted by Gasteiger charge is -2.22. The Morgan fingerprint density at radius 2 is 1.19 bits per heavy atom. The number of rotatable bonds is 43. The number of carbonyl (C=O) groups is 4. The number of carboxylic acids is 2. The van der Waals surface area contributed by atoms with E-state index >= 15 is 0 Å². The van der Waals surface area contributed by atoms with Gasteiger partial charge in [-0.25, -0.2) is 4.57 Å². The van der Waals surface area contributed by atoms with E-state index in [-0.39, 0.29) is 31.4 Å². The van der Waals surface area contributed by atoms with Gasteiger partial charge in [-0.1, -0.05) is 142 Å². The van der Waals surface area contributed by atoms with Crippen molar-refractivity contribution < 1.29 is 62.5 Å². The fraction of sp³-hybridized carbons (Fsp3) is 0.569. The summed E-state index contributed by atoms with van der Waals surface area (Å²) in [6.45, 7) is 2.09. The Kier molecular flexibility index (Phi) is 41.4. The highest BCUT2D eigenvalue weighted by atomic mass is 32.2. The highest BCUT2D eigenvalue weighted by Gasteiger charge is 2.29. The first kappa shape index (κ1) is 63.9. The predicted molar refractivity (Wildman–Crippen MR) is 273 cm³/mol. The quantitative estimate of drug-likeness (QED) is 0.0109. The van der Waals surface area contributed by atoms with Gasteiger partial charge in [-0.2, -0.15) is 0 Å². The molecule has 1 unspecified atom stereocenters. The SMILES string of the molecule is CC/C=C\C/C=C\C/C=C\C/C=C\C/C=C\CCCCCC(=O)O[C@H](COC(=O)[C@@H](N)CS[C@H](/C=C/C=C/C=C\C/C=C\CCCCC)[C@@H](O)CCCC(=O)O)COP(=O)(O)OC[C@H](N)C(=O)O. The van der Waals surface area contributed by atoms with Gasteiger partial charge in [-0.15, -0.1) is 11.8 Å². The van der Waals surface area contributed by atoms with Crippen LogP contribution in [0.2, 0.25) is 0 Å². The summed E-state index contributed by atoms with van der Waals surface area (Å²) >= 11 is 1.17. The monoisotopic (exact) mass is 993 g/mol. The van der Waals surface area contributed by atoms with E-state index in [4.69, 9.17) is 35.7 Å². The van der Waals surface area contributed by atoms with Gasteiger partial charge in [0.05, 0.1) is 19.3 Å². The molecule has 0 aliphatic rings. The molecule has 0 radical (unpaired) electrons. The zero-order chi connectivity index (χ0) is 50.5. The molecule has 0 saturated heterocycles. The van der Waals surface area contributed by atoms with Gasteiger partial charge in [0, 0.05) is 23.8 Å². The lowest BCUT2D eigenvalue weighted by atomic mass is 10.1. The van der Waals surface area contributed by atoms with E-state index in [1.165, 1.54) is 31.0 Å². The zero-order valence-corrected chi connectivity index (χ0v) is 42.0. The fourth-order valence-corrected chi connectivity index (χ4v) is 7.55. The van der Waals surface area contributed by atoms with Crippen molar-refractivity contribution in [2.45, 2.75) is 159 Å². The molecule has 0 aliphatic heterocycles. The summed E-state index contributed by atoms with van der Waals surface area (Å²) < 4.78 is 32.8. The number of aliphatic hydroxyl groups excluding tert-OH is 1. The summed E-state index contributed by atoms with van der Waals surface area (Å²) in [5.74, 6) is -4.02. The van der Waals surface area contributed by atoms with Crippen LogP contribution < -0.4 is 11.5 Å². The van der Waals surface area contributed by atoms with E-state index in [2.05, 4.69) is 91.3 Å². The molecule has 0 bridgehead atoms. The summed E-state index contributed by atoms with van der Waals surface area (Å²) in [4.78, 5) is 58.0. The zero-order valence-electron chi connectivity index (χ0n) is 40.3. The number of carbonyl (C=O) groups excluding carboxylic acids is 2. The number of thioether (sulfide) groups is 1. The van der Waals surface area contributed by atoms with Crippen LogP contribution in [0.15, 0.2) is 109 Å². The van der Waals surface area contributed by atoms with Crippen molar-refractivity contribution >= 4 is 43.5 Å². The first-order chi connectivity index (χ1) is 32.7. The van der Waals surface area contributed by atoms with Crippen LogP contribution in [0, 0.1) is 0 Å². The van der Waals surface area contributed by atoms with Gasteiger partial charge in [0.2, 0.25) is 0 Å². The van der Waals surface area contributed by atoms with Gasteiger partial charge in [-0.05, 0) is 83.5 Å². The van der Waals surface area contributed by atoms with Crippen LogP contribution in [0.1, 0.15) is 129 Å². The van der Waals surface area contributed by atoms with E-state index in [0.717, 1.165) is 64.2 Å². The lowest BCUT2D eigenvalue weighted by molar-refractivity contribution is -0.161. The first-order valence-corrected chi connectivity index (χ1v) is 26.4. The molecule has 0 fully saturated rings. The molecule has 8 N–H and O–H groups in total. The minimum absolute atomic E-state index is 0.0118. The minimum atomic E-state index is -4.87. The van der Waals surface area contributed by atoms with Gasteiger partial charge in [0.1, 0.15) is 18.7 Å². The van der Waals surface area contributed by atoms with E-state index in [0.29, 0.717) is 6.42 Å². The molecule has 384 valence electrons. The number of hydrogen-bond acceptors (Lipinski definition) is 13. The van der Waals surface area contributed by atoms with Gasteiger partial charge in [-0.3, -0.25) is 28.2 Å². The molecule has 15 nitrogen and oxygen atoms in total. The molecule has 17 heteroatoms. The van der Waals surface area contributed by atoms with E-state index in [9.17, 15) is 33.7 Å². The molecule has 0 heterocycles. The molecule has 0 amide bonds. The molecule has 0 aromatic heterocycles. The Bertz CT molecular complexity index is 1690. The van der Waals surface area contributed by atoms with E-state index in [1.807, 2.05) is 18.2 Å². The van der Waals surface area contributed by atoms with Gasteiger partial charge < -0.3 is 41.2 Å². The van der Waals surface area contributed by atoms with Crippen LogP contribution in [-0.2, 0) is 42.3 Å². The molecular formula is C51H81N2O13PS. The predicted octanol–water partition coefficient (Wildman–Crippen LogP) is 9.93. The summed E-state index contributed by atoms with van der Waals surface area (Å²) in [6, 6.07) is -2.81. The summed E-state index contributed by atoms with van der Waals surface area (Å²) in [5.41, 5.74) is 11.5. The molecule has 6 atom stereocenters. The van der Waals surface area contributed by atoms with Crippen LogP contribution in [0.3, 0.4) is 0 Å². The third kappa shape index (κ3) is 40.9. The second-order valence-corrected chi connectivity index (χ2v) is 18.4. The van der Waals surface area contributed by atoms with Crippen LogP contribution >= 0.6 is 19.6 Å². The summed E-state index contributed by atoms with van der Waals surface area (Å²) in [5, 5.41) is 28.4. The number of aliphatic carboxylic acids is 2. The fourth-order valence-electron chi connectivity index (χ4n) is 5.65. The highest BCUT2D eigenvalue weighted by Crippen LogP contribution is 2.43. The van der Waals surface area contributed by atoms with Gasteiger partial charge in [0.25, 0.3) is 0 Å². The van der Waals surface area contributed by atoms with E-state index in [1.54, 1.807) is 18.2 Å². The number of nitrogens with two attached hydrogens (primary N) is 2. The van der Waals surface area contributed by atoms with E-state index < -0.39 is 81.1 Å². The van der Waals surface area contributed by atoms with Gasteiger partial charge in [0.15, 0.2) is 6.10 Å². The number of esters is 2. The maximum atomic E-state index is 13.0. The van der Waals surface area contributed by atoms with Crippen molar-refractivity contribution in [1.29, 1.82) is 0 Å². The molecule has 0 aromatic rings. The highest BCUT2D eigenvalue weighted by molar-refractivity contribution is 8.00. The molecule has 0 aromatic carbocycles. The van der Waals surface area contributed by atoms with Crippen molar-refractivity contribution in [3.05, 3.63) is 109 Å². The molecule has 0 aliphatic carbocycles. The maximum Gasteiger partial charge on any atom is 0.472 e. The third-order valence-corrected chi connectivity index (χ3v) is 11.9. The van der Waals surface area contributed by atoms with Crippen molar-refractivity contribution in [3.63, 3.8) is 0 Å². The van der Waals surface area contributed by atoms with Crippen molar-refractivity contribution in [2.75, 3.05) is 25.6 Å². The Hall–Kier alpha value is -4.12. The molecule has 68 heavy (non-hydrogen) atoms.